The highest BCUT2D eigenvalue weighted by Crippen LogP contribution is 2.40. The van der Waals surface area contributed by atoms with Crippen molar-refractivity contribution >= 4 is 23.9 Å². The third-order valence-corrected chi connectivity index (χ3v) is 3.96. The van der Waals surface area contributed by atoms with Gasteiger partial charge in [0, 0.05) is 0 Å². The summed E-state index contributed by atoms with van der Waals surface area (Å²) in [4.78, 5) is 47.8. The fraction of sp³-hybridized carbons (Fsp3) is 0.714. The third-order valence-electron chi connectivity index (χ3n) is 3.96. The fourth-order valence-corrected chi connectivity index (χ4v) is 2.90. The quantitative estimate of drug-likeness (QED) is 0.524. The molecule has 0 aromatic carbocycles. The van der Waals surface area contributed by atoms with E-state index in [4.69, 9.17) is 4.74 Å². The van der Waals surface area contributed by atoms with Gasteiger partial charge < -0.3 is 18.9 Å². The Bertz CT molecular complexity index is 432. The van der Waals surface area contributed by atoms with Crippen LogP contribution in [0.3, 0.4) is 0 Å². The summed E-state index contributed by atoms with van der Waals surface area (Å²) in [5.74, 6) is -6.32. The highest BCUT2D eigenvalue weighted by molar-refractivity contribution is 5.89. The van der Waals surface area contributed by atoms with Crippen LogP contribution in [0.4, 0.5) is 0 Å². The van der Waals surface area contributed by atoms with Crippen molar-refractivity contribution in [1.29, 1.82) is 0 Å². The predicted octanol–water partition coefficient (Wildman–Crippen LogP) is -0.0630. The Balaban J connectivity index is 3.21. The molecule has 0 N–H and O–H groups in total. The van der Waals surface area contributed by atoms with Crippen LogP contribution >= 0.6 is 0 Å². The molecule has 0 aromatic rings. The Morgan fingerprint density at radius 3 is 1.32 bits per heavy atom. The van der Waals surface area contributed by atoms with Crippen molar-refractivity contribution in [2.75, 3.05) is 28.4 Å². The molecule has 2 unspecified atom stereocenters. The lowest BCUT2D eigenvalue weighted by Gasteiger charge is -2.36. The number of hydrogen-bond donors (Lipinski definition) is 0. The van der Waals surface area contributed by atoms with Crippen LogP contribution in [-0.2, 0) is 38.1 Å². The zero-order valence-electron chi connectivity index (χ0n) is 13.0. The minimum absolute atomic E-state index is 0.0482. The van der Waals surface area contributed by atoms with Gasteiger partial charge in [-0.05, 0) is 12.8 Å². The summed E-state index contributed by atoms with van der Waals surface area (Å²) in [5.41, 5.74) is 0. The first kappa shape index (κ1) is 17.9. The van der Waals surface area contributed by atoms with Crippen molar-refractivity contribution in [3.8, 4) is 0 Å². The molecule has 0 saturated heterocycles. The van der Waals surface area contributed by atoms with Crippen LogP contribution in [0.5, 0.6) is 0 Å². The minimum Gasteiger partial charge on any atom is -0.469 e. The number of ether oxygens (including phenoxy) is 4. The molecule has 1 rings (SSSR count). The Hall–Kier alpha value is -2.12. The number of carbonyl (C=O) groups excluding carboxylic acids is 4. The topological polar surface area (TPSA) is 105 Å². The maximum absolute atomic E-state index is 12.0. The van der Waals surface area contributed by atoms with Crippen LogP contribution in [-0.4, -0.2) is 52.3 Å². The van der Waals surface area contributed by atoms with E-state index in [-0.39, 0.29) is 12.8 Å². The Labute approximate surface area is 128 Å². The second-order valence-corrected chi connectivity index (χ2v) is 5.00. The largest absolute Gasteiger partial charge is 0.469 e. The number of hydrogen-bond acceptors (Lipinski definition) is 8. The van der Waals surface area contributed by atoms with E-state index >= 15 is 0 Å². The average molecular weight is 316 g/mol. The van der Waals surface area contributed by atoms with Gasteiger partial charge in [0.25, 0.3) is 0 Å². The monoisotopic (exact) mass is 316 g/mol. The van der Waals surface area contributed by atoms with Gasteiger partial charge >= 0.3 is 23.9 Å². The van der Waals surface area contributed by atoms with Crippen molar-refractivity contribution < 1.29 is 38.1 Å². The van der Waals surface area contributed by atoms with Crippen molar-refractivity contribution in [3.63, 3.8) is 0 Å². The van der Waals surface area contributed by atoms with Gasteiger partial charge in [0.05, 0.1) is 52.1 Å². The SMILES string of the molecule is COC(=O)C1CC(C(=O)OC)C(C(=O)OC)C(C(=O)OC)C1. The van der Waals surface area contributed by atoms with Crippen LogP contribution in [0.25, 0.3) is 0 Å². The van der Waals surface area contributed by atoms with Gasteiger partial charge in [-0.25, -0.2) is 0 Å². The van der Waals surface area contributed by atoms with Crippen LogP contribution in [0.1, 0.15) is 12.8 Å². The molecule has 1 fully saturated rings. The molecule has 1 aliphatic rings. The number of carbonyl (C=O) groups is 4. The maximum atomic E-state index is 12.0. The second kappa shape index (κ2) is 7.77. The molecule has 0 radical (unpaired) electrons. The van der Waals surface area contributed by atoms with Gasteiger partial charge in [-0.2, -0.15) is 0 Å². The van der Waals surface area contributed by atoms with E-state index < -0.39 is 47.5 Å². The van der Waals surface area contributed by atoms with E-state index in [1.54, 1.807) is 0 Å². The van der Waals surface area contributed by atoms with Gasteiger partial charge in [-0.1, -0.05) is 0 Å². The van der Waals surface area contributed by atoms with Gasteiger partial charge in [0.15, 0.2) is 0 Å². The van der Waals surface area contributed by atoms with Crippen molar-refractivity contribution in [1.82, 2.24) is 0 Å². The van der Waals surface area contributed by atoms with Crippen molar-refractivity contribution in [3.05, 3.63) is 0 Å². The van der Waals surface area contributed by atoms with Gasteiger partial charge in [0.1, 0.15) is 0 Å². The maximum Gasteiger partial charge on any atom is 0.310 e. The number of esters is 4. The van der Waals surface area contributed by atoms with E-state index in [0.717, 1.165) is 7.11 Å². The molecule has 22 heavy (non-hydrogen) atoms. The summed E-state index contributed by atoms with van der Waals surface area (Å²) >= 11 is 0. The van der Waals surface area contributed by atoms with E-state index in [0.29, 0.717) is 0 Å². The molecule has 8 nitrogen and oxygen atoms in total. The zero-order chi connectivity index (χ0) is 16.9. The molecule has 0 aliphatic heterocycles. The summed E-state index contributed by atoms with van der Waals surface area (Å²) in [7, 11) is 4.73. The van der Waals surface area contributed by atoms with Gasteiger partial charge in [-0.15, -0.1) is 0 Å². The smallest absolute Gasteiger partial charge is 0.310 e. The highest BCUT2D eigenvalue weighted by atomic mass is 16.5. The summed E-state index contributed by atoms with van der Waals surface area (Å²) in [6.45, 7) is 0. The van der Waals surface area contributed by atoms with Gasteiger partial charge in [0.2, 0.25) is 0 Å². The zero-order valence-corrected chi connectivity index (χ0v) is 13.0. The standard InChI is InChI=1S/C14H20O8/c1-19-11(15)7-5-8(12(16)20-2)10(14(18)22-4)9(6-7)13(17)21-3/h7-10H,5-6H2,1-4H3. The first-order valence-electron chi connectivity index (χ1n) is 6.72. The predicted molar refractivity (Wildman–Crippen MR) is 71.3 cm³/mol. The molecular weight excluding hydrogens is 296 g/mol. The minimum atomic E-state index is -1.05. The first-order chi connectivity index (χ1) is 10.4. The normalized spacial score (nSPS) is 27.5. The molecule has 2 atom stereocenters. The van der Waals surface area contributed by atoms with Crippen LogP contribution in [0, 0.1) is 23.7 Å². The van der Waals surface area contributed by atoms with Crippen LogP contribution in [0.2, 0.25) is 0 Å². The third kappa shape index (κ3) is 3.55. The Morgan fingerprint density at radius 1 is 0.636 bits per heavy atom. The van der Waals surface area contributed by atoms with Crippen molar-refractivity contribution in [2.45, 2.75) is 12.8 Å². The van der Waals surface area contributed by atoms with E-state index in [2.05, 4.69) is 14.2 Å². The van der Waals surface area contributed by atoms with E-state index in [9.17, 15) is 19.2 Å². The van der Waals surface area contributed by atoms with Crippen LogP contribution < -0.4 is 0 Å². The average Bonchev–Trinajstić information content (AvgIpc) is 2.57. The molecule has 8 heteroatoms. The summed E-state index contributed by atoms with van der Waals surface area (Å²) in [6, 6.07) is 0. The lowest BCUT2D eigenvalue weighted by Crippen LogP contribution is -2.47. The molecule has 0 spiro atoms. The lowest BCUT2D eigenvalue weighted by atomic mass is 9.67. The molecule has 0 amide bonds. The Kier molecular flexibility index (Phi) is 6.33. The molecule has 1 aliphatic carbocycles. The van der Waals surface area contributed by atoms with E-state index in [1.165, 1.54) is 21.3 Å². The van der Waals surface area contributed by atoms with Crippen molar-refractivity contribution in [2.24, 2.45) is 23.7 Å². The van der Waals surface area contributed by atoms with Crippen LogP contribution in [0.15, 0.2) is 0 Å². The summed E-state index contributed by atoms with van der Waals surface area (Å²) in [5, 5.41) is 0. The number of methoxy groups -OCH3 is 4. The second-order valence-electron chi connectivity index (χ2n) is 5.00. The molecular formula is C14H20O8. The lowest BCUT2D eigenvalue weighted by molar-refractivity contribution is -0.173. The van der Waals surface area contributed by atoms with Gasteiger partial charge in [-0.3, -0.25) is 19.2 Å². The Morgan fingerprint density at radius 2 is 1.00 bits per heavy atom. The molecule has 0 heterocycles. The molecule has 0 aromatic heterocycles. The molecule has 0 bridgehead atoms. The molecule has 124 valence electrons. The molecule has 1 saturated carbocycles. The summed E-state index contributed by atoms with van der Waals surface area (Å²) in [6.07, 6.45) is 0.0964. The first-order valence-corrected chi connectivity index (χ1v) is 6.72. The fourth-order valence-electron chi connectivity index (χ4n) is 2.90. The highest BCUT2D eigenvalue weighted by Gasteiger charge is 2.51. The van der Waals surface area contributed by atoms with E-state index in [1.807, 2.05) is 0 Å². The number of rotatable bonds is 4. The summed E-state index contributed by atoms with van der Waals surface area (Å²) < 4.78 is 18.7.